The highest BCUT2D eigenvalue weighted by Crippen LogP contribution is 2.32. The van der Waals surface area contributed by atoms with Crippen molar-refractivity contribution in [3.63, 3.8) is 0 Å². The van der Waals surface area contributed by atoms with Crippen molar-refractivity contribution < 1.29 is 27.8 Å². The normalized spacial score (nSPS) is 24.7. The lowest BCUT2D eigenvalue weighted by atomic mass is 9.83. The third kappa shape index (κ3) is 11.5. The Morgan fingerprint density at radius 1 is 0.675 bits per heavy atom. The number of aryl methyl sites for hydroxylation is 2. The minimum atomic E-state index is -1.47. The molecule has 0 aliphatic heterocycles. The number of halogens is 2. The predicted molar refractivity (Wildman–Crippen MR) is 156 cm³/mol. The highest BCUT2D eigenvalue weighted by Gasteiger charge is 2.28. The second-order valence-electron chi connectivity index (χ2n) is 12.3. The first-order valence-electron chi connectivity index (χ1n) is 16.1. The molecule has 2 atom stereocenters. The lowest BCUT2D eigenvalue weighted by molar-refractivity contribution is -0.158. The number of alkyl halides is 2. The smallest absolute Gasteiger partial charge is 0.340 e. The van der Waals surface area contributed by atoms with E-state index in [4.69, 9.17) is 9.47 Å². The zero-order chi connectivity index (χ0) is 28.7. The van der Waals surface area contributed by atoms with Crippen LogP contribution in [0, 0.1) is 11.8 Å². The Morgan fingerprint density at radius 3 is 1.35 bits per heavy atom. The summed E-state index contributed by atoms with van der Waals surface area (Å²) >= 11 is 0. The molecule has 6 heteroatoms. The highest BCUT2D eigenvalue weighted by molar-refractivity contribution is 5.75. The molecule has 0 bridgehead atoms. The SMILES string of the molecule is CCCC[C@@H](F)C(=O)O[C@H]1CC[C@H](CCc2ccc(CC[C@H]3CC[C@H](OC(=O)[C@H](F)CCCC)CC3)cc2)CC1. The molecule has 3 rings (SSSR count). The van der Waals surface area contributed by atoms with E-state index in [0.717, 1.165) is 89.9 Å². The van der Waals surface area contributed by atoms with Gasteiger partial charge in [-0.1, -0.05) is 63.8 Å². The number of hydrogen-bond donors (Lipinski definition) is 0. The summed E-state index contributed by atoms with van der Waals surface area (Å²) in [6, 6.07) is 9.01. The van der Waals surface area contributed by atoms with Gasteiger partial charge in [-0.05, 0) is 113 Å². The standard InChI is InChI=1S/C34H52F2O4/c1-3-5-7-31(35)33(37)39-29-21-17-27(18-22-29)15-13-25-9-11-26(12-10-25)14-16-28-19-23-30(24-20-28)40-34(38)32(36)8-6-4-2/h9-12,27-32H,3-8,13-24H2,1-2H3/t27-,28-,29-,30-,31-,32-/m1/s1. The molecule has 0 unspecified atom stereocenters. The maximum atomic E-state index is 13.9. The van der Waals surface area contributed by atoms with Crippen LogP contribution in [-0.4, -0.2) is 36.5 Å². The van der Waals surface area contributed by atoms with Gasteiger partial charge in [0.2, 0.25) is 0 Å². The number of carbonyl (C=O) groups excluding carboxylic acids is 2. The average Bonchev–Trinajstić information content (AvgIpc) is 2.98. The van der Waals surface area contributed by atoms with E-state index in [2.05, 4.69) is 24.3 Å². The summed E-state index contributed by atoms with van der Waals surface area (Å²) in [7, 11) is 0. The fourth-order valence-corrected chi connectivity index (χ4v) is 6.17. The molecule has 0 heterocycles. The monoisotopic (exact) mass is 562 g/mol. The van der Waals surface area contributed by atoms with Crippen LogP contribution in [0.3, 0.4) is 0 Å². The Hall–Kier alpha value is -1.98. The largest absolute Gasteiger partial charge is 0.460 e. The lowest BCUT2D eigenvalue weighted by Gasteiger charge is -2.29. The van der Waals surface area contributed by atoms with Gasteiger partial charge in [0, 0.05) is 0 Å². The van der Waals surface area contributed by atoms with Crippen molar-refractivity contribution in [2.75, 3.05) is 0 Å². The zero-order valence-electron chi connectivity index (χ0n) is 24.9. The van der Waals surface area contributed by atoms with Gasteiger partial charge >= 0.3 is 11.9 Å². The van der Waals surface area contributed by atoms with E-state index in [9.17, 15) is 18.4 Å². The Kier molecular flexibility index (Phi) is 14.4. The third-order valence-corrected chi connectivity index (χ3v) is 8.99. The number of hydrogen-bond acceptors (Lipinski definition) is 4. The molecule has 0 amide bonds. The first kappa shape index (κ1) is 32.5. The molecular weight excluding hydrogens is 510 g/mol. The first-order chi connectivity index (χ1) is 19.4. The van der Waals surface area contributed by atoms with Gasteiger partial charge in [-0.2, -0.15) is 0 Å². The molecule has 2 fully saturated rings. The molecule has 0 aromatic heterocycles. The number of benzene rings is 1. The number of esters is 2. The molecule has 0 N–H and O–H groups in total. The molecular formula is C34H52F2O4. The molecule has 4 nitrogen and oxygen atoms in total. The van der Waals surface area contributed by atoms with E-state index in [1.807, 2.05) is 13.8 Å². The van der Waals surface area contributed by atoms with Gasteiger partial charge in [-0.25, -0.2) is 18.4 Å². The van der Waals surface area contributed by atoms with Crippen molar-refractivity contribution in [3.05, 3.63) is 35.4 Å². The van der Waals surface area contributed by atoms with Crippen LogP contribution in [0.4, 0.5) is 8.78 Å². The number of carbonyl (C=O) groups is 2. The number of rotatable bonds is 16. The van der Waals surface area contributed by atoms with Gasteiger partial charge in [-0.3, -0.25) is 0 Å². The second-order valence-corrected chi connectivity index (χ2v) is 12.3. The molecule has 1 aromatic rings. The van der Waals surface area contributed by atoms with E-state index in [1.165, 1.54) is 11.1 Å². The molecule has 2 aliphatic rings. The molecule has 0 radical (unpaired) electrons. The van der Waals surface area contributed by atoms with Crippen LogP contribution in [0.25, 0.3) is 0 Å². The predicted octanol–water partition coefficient (Wildman–Crippen LogP) is 8.81. The quantitative estimate of drug-likeness (QED) is 0.189. The number of unbranched alkanes of at least 4 members (excludes halogenated alkanes) is 2. The second kappa shape index (κ2) is 17.7. The van der Waals surface area contributed by atoms with Crippen LogP contribution in [0.15, 0.2) is 24.3 Å². The van der Waals surface area contributed by atoms with E-state index in [1.54, 1.807) is 0 Å². The van der Waals surface area contributed by atoms with Crippen LogP contribution in [0.1, 0.15) is 128 Å². The molecule has 0 saturated heterocycles. The lowest BCUT2D eigenvalue weighted by Crippen LogP contribution is -2.29. The summed E-state index contributed by atoms with van der Waals surface area (Å²) in [6.45, 7) is 3.98. The number of ether oxygens (including phenoxy) is 2. The van der Waals surface area contributed by atoms with E-state index >= 15 is 0 Å². The average molecular weight is 563 g/mol. The van der Waals surface area contributed by atoms with Gasteiger partial charge < -0.3 is 9.47 Å². The van der Waals surface area contributed by atoms with E-state index in [-0.39, 0.29) is 25.0 Å². The van der Waals surface area contributed by atoms with Gasteiger partial charge in [0.05, 0.1) is 0 Å². The fourth-order valence-electron chi connectivity index (χ4n) is 6.17. The molecule has 1 aromatic carbocycles. The third-order valence-electron chi connectivity index (χ3n) is 8.99. The van der Waals surface area contributed by atoms with E-state index < -0.39 is 24.3 Å². The van der Waals surface area contributed by atoms with Gasteiger partial charge in [0.1, 0.15) is 12.2 Å². The zero-order valence-corrected chi connectivity index (χ0v) is 24.9. The molecule has 0 spiro atoms. The Labute approximate surface area is 241 Å². The molecule has 2 saturated carbocycles. The summed E-state index contributed by atoms with van der Waals surface area (Å²) in [5, 5.41) is 0. The van der Waals surface area contributed by atoms with Crippen molar-refractivity contribution in [1.82, 2.24) is 0 Å². The van der Waals surface area contributed by atoms with Crippen LogP contribution < -0.4 is 0 Å². The Bertz CT molecular complexity index is 786. The summed E-state index contributed by atoms with van der Waals surface area (Å²) in [4.78, 5) is 23.9. The van der Waals surface area contributed by atoms with Crippen molar-refractivity contribution in [2.45, 2.75) is 154 Å². The van der Waals surface area contributed by atoms with Crippen LogP contribution >= 0.6 is 0 Å². The summed E-state index contributed by atoms with van der Waals surface area (Å²) < 4.78 is 38.7. The highest BCUT2D eigenvalue weighted by atomic mass is 19.1. The van der Waals surface area contributed by atoms with Crippen molar-refractivity contribution in [3.8, 4) is 0 Å². The van der Waals surface area contributed by atoms with Crippen molar-refractivity contribution in [1.29, 1.82) is 0 Å². The Balaban J connectivity index is 1.27. The minimum Gasteiger partial charge on any atom is -0.460 e. The van der Waals surface area contributed by atoms with Crippen molar-refractivity contribution >= 4 is 11.9 Å². The van der Waals surface area contributed by atoms with Gasteiger partial charge in [0.25, 0.3) is 0 Å². The first-order valence-corrected chi connectivity index (χ1v) is 16.1. The van der Waals surface area contributed by atoms with Gasteiger partial charge in [0.15, 0.2) is 12.3 Å². The maximum Gasteiger partial charge on any atom is 0.340 e. The molecule has 226 valence electrons. The topological polar surface area (TPSA) is 52.6 Å². The maximum absolute atomic E-state index is 13.9. The van der Waals surface area contributed by atoms with Gasteiger partial charge in [-0.15, -0.1) is 0 Å². The molecule has 40 heavy (non-hydrogen) atoms. The summed E-state index contributed by atoms with van der Waals surface area (Å²) in [6.07, 6.45) is 12.5. The molecule has 2 aliphatic carbocycles. The van der Waals surface area contributed by atoms with Crippen LogP contribution in [0.5, 0.6) is 0 Å². The summed E-state index contributed by atoms with van der Waals surface area (Å²) in [5.41, 5.74) is 2.72. The minimum absolute atomic E-state index is 0.119. The fraction of sp³-hybridized carbons (Fsp3) is 0.765. The van der Waals surface area contributed by atoms with Crippen molar-refractivity contribution in [2.24, 2.45) is 11.8 Å². The van der Waals surface area contributed by atoms with Crippen LogP contribution in [-0.2, 0) is 31.9 Å². The summed E-state index contributed by atoms with van der Waals surface area (Å²) in [5.74, 6) is -0.0610. The van der Waals surface area contributed by atoms with E-state index in [0.29, 0.717) is 24.7 Å². The Morgan fingerprint density at radius 2 is 1.02 bits per heavy atom. The van der Waals surface area contributed by atoms with Crippen LogP contribution in [0.2, 0.25) is 0 Å².